The molecule has 3 heteroatoms. The van der Waals surface area contributed by atoms with Crippen LogP contribution in [0.5, 0.6) is 0 Å². The number of methoxy groups -OCH3 is 1. The summed E-state index contributed by atoms with van der Waals surface area (Å²) in [5, 5.41) is 0. The second kappa shape index (κ2) is 7.20. The van der Waals surface area contributed by atoms with Crippen LogP contribution in [0.2, 0.25) is 0 Å². The molecule has 0 fully saturated rings. The molecule has 0 saturated heterocycles. The molecule has 0 radical (unpaired) electrons. The number of hydrogen-bond donors (Lipinski definition) is 0. The van der Waals surface area contributed by atoms with Crippen molar-refractivity contribution in [2.24, 2.45) is 0 Å². The average molecular weight is 216 g/mol. The van der Waals surface area contributed by atoms with Crippen molar-refractivity contribution in [1.29, 1.82) is 0 Å². The quantitative estimate of drug-likeness (QED) is 0.644. The van der Waals surface area contributed by atoms with Gasteiger partial charge >= 0.3 is 0 Å². The molecule has 0 aromatic rings. The van der Waals surface area contributed by atoms with Crippen molar-refractivity contribution in [2.45, 2.75) is 45.8 Å². The fraction of sp³-hybridized carbons (Fsp3) is 1.00. The van der Waals surface area contributed by atoms with E-state index in [1.807, 2.05) is 0 Å². The summed E-state index contributed by atoms with van der Waals surface area (Å²) >= 11 is 0. The van der Waals surface area contributed by atoms with Crippen molar-refractivity contribution in [1.82, 2.24) is 9.80 Å². The lowest BCUT2D eigenvalue weighted by molar-refractivity contribution is 0.0624. The fourth-order valence-corrected chi connectivity index (χ4v) is 1.46. The molecule has 0 aliphatic heterocycles. The zero-order valence-corrected chi connectivity index (χ0v) is 11.4. The van der Waals surface area contributed by atoms with E-state index in [-0.39, 0.29) is 0 Å². The molecule has 0 aromatic carbocycles. The highest BCUT2D eigenvalue weighted by atomic mass is 16.5. The van der Waals surface area contributed by atoms with Gasteiger partial charge in [-0.2, -0.15) is 0 Å². The van der Waals surface area contributed by atoms with Crippen molar-refractivity contribution in [3.8, 4) is 0 Å². The molecule has 0 aromatic heterocycles. The molecule has 3 nitrogen and oxygen atoms in total. The summed E-state index contributed by atoms with van der Waals surface area (Å²) in [5.41, 5.74) is 0. The van der Waals surface area contributed by atoms with E-state index < -0.39 is 0 Å². The van der Waals surface area contributed by atoms with Crippen molar-refractivity contribution < 1.29 is 4.74 Å². The number of nitrogens with zero attached hydrogens (tertiary/aromatic N) is 2. The first-order chi connectivity index (χ1) is 6.90. The molecule has 0 aliphatic rings. The topological polar surface area (TPSA) is 15.7 Å². The van der Waals surface area contributed by atoms with Crippen LogP contribution in [0.4, 0.5) is 0 Å². The van der Waals surface area contributed by atoms with E-state index in [1.165, 1.54) is 0 Å². The van der Waals surface area contributed by atoms with Crippen molar-refractivity contribution in [2.75, 3.05) is 34.4 Å². The highest BCUT2D eigenvalue weighted by molar-refractivity contribution is 4.75. The van der Waals surface area contributed by atoms with E-state index in [0.717, 1.165) is 13.2 Å². The Kier molecular flexibility index (Phi) is 7.14. The lowest BCUT2D eigenvalue weighted by Crippen LogP contribution is -2.47. The molecule has 15 heavy (non-hydrogen) atoms. The maximum absolute atomic E-state index is 5.29. The van der Waals surface area contributed by atoms with Crippen LogP contribution in [0.1, 0.15) is 27.7 Å². The molecule has 92 valence electrons. The molecular weight excluding hydrogens is 188 g/mol. The van der Waals surface area contributed by atoms with Gasteiger partial charge in [0.05, 0.1) is 6.61 Å². The lowest BCUT2D eigenvalue weighted by Gasteiger charge is -2.35. The third-order valence-corrected chi connectivity index (χ3v) is 3.13. The van der Waals surface area contributed by atoms with E-state index in [4.69, 9.17) is 4.74 Å². The standard InChI is InChI=1S/C12H28N2O/c1-10(2)13(5)8-12(9-15-7)14(6)11(3)4/h10-12H,8-9H2,1-7H3. The number of likely N-dealkylation sites (N-methyl/N-ethyl adjacent to an activating group) is 2. The second-order valence-corrected chi connectivity index (χ2v) is 4.90. The van der Waals surface area contributed by atoms with Gasteiger partial charge in [0.25, 0.3) is 0 Å². The minimum absolute atomic E-state index is 0.474. The summed E-state index contributed by atoms with van der Waals surface area (Å²) in [5.74, 6) is 0. The zero-order chi connectivity index (χ0) is 12.0. The van der Waals surface area contributed by atoms with E-state index in [1.54, 1.807) is 7.11 Å². The van der Waals surface area contributed by atoms with Gasteiger partial charge in [-0.15, -0.1) is 0 Å². The van der Waals surface area contributed by atoms with Gasteiger partial charge in [-0.05, 0) is 41.8 Å². The normalized spacial score (nSPS) is 14.6. The van der Waals surface area contributed by atoms with Crippen molar-refractivity contribution in [3.63, 3.8) is 0 Å². The van der Waals surface area contributed by atoms with E-state index in [9.17, 15) is 0 Å². The SMILES string of the molecule is COCC(CN(C)C(C)C)N(C)C(C)C. The molecule has 0 saturated carbocycles. The van der Waals surface area contributed by atoms with Gasteiger partial charge in [-0.1, -0.05) is 0 Å². The Morgan fingerprint density at radius 1 is 1.00 bits per heavy atom. The number of rotatable bonds is 7. The summed E-state index contributed by atoms with van der Waals surface area (Å²) in [6.45, 7) is 10.7. The van der Waals surface area contributed by atoms with E-state index in [0.29, 0.717) is 18.1 Å². The highest BCUT2D eigenvalue weighted by Crippen LogP contribution is 2.06. The maximum Gasteiger partial charge on any atom is 0.0630 e. The predicted octanol–water partition coefficient (Wildman–Crippen LogP) is 1.68. The Morgan fingerprint density at radius 3 is 1.87 bits per heavy atom. The maximum atomic E-state index is 5.29. The molecule has 0 bridgehead atoms. The van der Waals surface area contributed by atoms with E-state index >= 15 is 0 Å². The Hall–Kier alpha value is -0.120. The van der Waals surface area contributed by atoms with Crippen molar-refractivity contribution >= 4 is 0 Å². The summed E-state index contributed by atoms with van der Waals surface area (Å²) in [6, 6.07) is 1.62. The smallest absolute Gasteiger partial charge is 0.0630 e. The zero-order valence-electron chi connectivity index (χ0n) is 11.4. The van der Waals surface area contributed by atoms with Crippen molar-refractivity contribution in [3.05, 3.63) is 0 Å². The molecular formula is C12H28N2O. The molecule has 0 spiro atoms. The third kappa shape index (κ3) is 5.50. The molecule has 0 aliphatic carbocycles. The molecule has 0 rings (SSSR count). The number of hydrogen-bond acceptors (Lipinski definition) is 3. The monoisotopic (exact) mass is 216 g/mol. The van der Waals surface area contributed by atoms with Crippen LogP contribution in [0.25, 0.3) is 0 Å². The Morgan fingerprint density at radius 2 is 1.53 bits per heavy atom. The van der Waals surface area contributed by atoms with Crippen LogP contribution in [-0.2, 0) is 4.74 Å². The third-order valence-electron chi connectivity index (χ3n) is 3.13. The Balaban J connectivity index is 4.26. The number of ether oxygens (including phenoxy) is 1. The minimum Gasteiger partial charge on any atom is -0.383 e. The predicted molar refractivity (Wildman–Crippen MR) is 66.3 cm³/mol. The molecule has 0 amide bonds. The van der Waals surface area contributed by atoms with Gasteiger partial charge in [0, 0.05) is 31.8 Å². The van der Waals surface area contributed by atoms with Crippen LogP contribution < -0.4 is 0 Å². The van der Waals surface area contributed by atoms with Gasteiger partial charge in [-0.25, -0.2) is 0 Å². The first-order valence-corrected chi connectivity index (χ1v) is 5.81. The highest BCUT2D eigenvalue weighted by Gasteiger charge is 2.19. The first kappa shape index (κ1) is 14.9. The van der Waals surface area contributed by atoms with Crippen LogP contribution in [0.15, 0.2) is 0 Å². The fourth-order valence-electron chi connectivity index (χ4n) is 1.46. The summed E-state index contributed by atoms with van der Waals surface area (Å²) in [7, 11) is 6.11. The molecule has 1 atom stereocenters. The Labute approximate surface area is 95.4 Å². The van der Waals surface area contributed by atoms with Gasteiger partial charge in [0.15, 0.2) is 0 Å². The van der Waals surface area contributed by atoms with E-state index in [2.05, 4.69) is 51.6 Å². The lowest BCUT2D eigenvalue weighted by atomic mass is 10.2. The van der Waals surface area contributed by atoms with Crippen LogP contribution in [0, 0.1) is 0 Å². The van der Waals surface area contributed by atoms with Gasteiger partial charge < -0.3 is 9.64 Å². The minimum atomic E-state index is 0.474. The van der Waals surface area contributed by atoms with Crippen LogP contribution >= 0.6 is 0 Å². The summed E-state index contributed by atoms with van der Waals surface area (Å²) < 4.78 is 5.29. The Bertz CT molecular complexity index is 160. The molecule has 1 unspecified atom stereocenters. The second-order valence-electron chi connectivity index (χ2n) is 4.90. The van der Waals surface area contributed by atoms with Gasteiger partial charge in [0.1, 0.15) is 0 Å². The largest absolute Gasteiger partial charge is 0.383 e. The molecule has 0 N–H and O–H groups in total. The van der Waals surface area contributed by atoms with Gasteiger partial charge in [0.2, 0.25) is 0 Å². The average Bonchev–Trinajstić information content (AvgIpc) is 2.15. The van der Waals surface area contributed by atoms with Crippen LogP contribution in [0.3, 0.4) is 0 Å². The summed E-state index contributed by atoms with van der Waals surface area (Å²) in [6.07, 6.45) is 0. The van der Waals surface area contributed by atoms with Gasteiger partial charge in [-0.3, -0.25) is 4.90 Å². The first-order valence-electron chi connectivity index (χ1n) is 5.81. The molecule has 0 heterocycles. The van der Waals surface area contributed by atoms with Crippen LogP contribution in [-0.4, -0.2) is 62.3 Å². The summed E-state index contributed by atoms with van der Waals surface area (Å²) in [4.78, 5) is 4.74.